The Balaban J connectivity index is 1.12. The van der Waals surface area contributed by atoms with Crippen LogP contribution in [0, 0.1) is 0 Å². The van der Waals surface area contributed by atoms with Crippen LogP contribution in [0.15, 0.2) is 164 Å². The third-order valence-corrected chi connectivity index (χ3v) is 13.0. The second-order valence-electron chi connectivity index (χ2n) is 15.7. The fraction of sp³-hybridized carbons (Fsp3) is 0.0385. The first-order valence-corrected chi connectivity index (χ1v) is 19.7. The quantitative estimate of drug-likeness (QED) is 0.181. The molecule has 0 N–H and O–H groups in total. The summed E-state index contributed by atoms with van der Waals surface area (Å²) in [5, 5.41) is 8.89. The van der Waals surface area contributed by atoms with E-state index in [9.17, 15) is 0 Å². The van der Waals surface area contributed by atoms with Gasteiger partial charge in [-0.2, -0.15) is 0 Å². The van der Waals surface area contributed by atoms with Crippen LogP contribution in [0.5, 0.6) is 0 Å². The molecule has 1 spiro atoms. The van der Waals surface area contributed by atoms with Crippen LogP contribution in [-0.2, 0) is 5.41 Å². The summed E-state index contributed by atoms with van der Waals surface area (Å²) in [4.78, 5) is 13.7. The monoisotopic (exact) mass is 725 g/mol. The number of hydrogen-bond donors (Lipinski definition) is 0. The number of anilines is 3. The molecule has 0 fully saturated rings. The molecule has 3 aliphatic rings. The van der Waals surface area contributed by atoms with Crippen LogP contribution in [0.4, 0.5) is 17.1 Å². The van der Waals surface area contributed by atoms with Gasteiger partial charge < -0.3 is 9.30 Å². The Morgan fingerprint density at radius 1 is 0.509 bits per heavy atom. The number of rotatable bonds is 4. The lowest BCUT2D eigenvalue weighted by Crippen LogP contribution is -2.30. The molecule has 0 saturated carbocycles. The van der Waals surface area contributed by atoms with Gasteiger partial charge in [-0.15, -0.1) is 0 Å². The van der Waals surface area contributed by atoms with Crippen molar-refractivity contribution in [2.75, 3.05) is 4.90 Å². The summed E-state index contributed by atoms with van der Waals surface area (Å²) >= 11 is 0. The molecule has 2 bridgehead atoms. The van der Waals surface area contributed by atoms with Gasteiger partial charge in [-0.1, -0.05) is 133 Å². The molecule has 5 heteroatoms. The average molecular weight is 726 g/mol. The van der Waals surface area contributed by atoms with Gasteiger partial charge in [0.05, 0.1) is 38.9 Å². The maximum absolute atomic E-state index is 5.72. The fourth-order valence-corrected chi connectivity index (χ4v) is 10.8. The maximum atomic E-state index is 5.72. The van der Waals surface area contributed by atoms with Crippen LogP contribution in [0.1, 0.15) is 28.9 Å². The van der Waals surface area contributed by atoms with Gasteiger partial charge >= 0.3 is 0 Å². The Morgan fingerprint density at radius 2 is 1.14 bits per heavy atom. The van der Waals surface area contributed by atoms with Gasteiger partial charge in [-0.3, -0.25) is 4.57 Å². The van der Waals surface area contributed by atoms with E-state index in [0.29, 0.717) is 5.95 Å². The van der Waals surface area contributed by atoms with Crippen LogP contribution in [0.25, 0.3) is 89.1 Å². The van der Waals surface area contributed by atoms with E-state index in [2.05, 4.69) is 190 Å². The average Bonchev–Trinajstić information content (AvgIpc) is 4.01. The Labute approximate surface area is 327 Å². The highest BCUT2D eigenvalue weighted by Crippen LogP contribution is 2.56. The molecule has 0 saturated heterocycles. The van der Waals surface area contributed by atoms with Crippen molar-refractivity contribution in [2.45, 2.75) is 11.8 Å². The summed E-state index contributed by atoms with van der Waals surface area (Å²) < 4.78 is 5.01. The highest BCUT2D eigenvalue weighted by molar-refractivity contribution is 6.37. The van der Waals surface area contributed by atoms with Gasteiger partial charge in [0.15, 0.2) is 0 Å². The first-order valence-electron chi connectivity index (χ1n) is 19.7. The normalized spacial score (nSPS) is 16.3. The summed E-state index contributed by atoms with van der Waals surface area (Å²) in [6.45, 7) is 0. The largest absolute Gasteiger partial charge is 0.311 e. The van der Waals surface area contributed by atoms with E-state index in [1.54, 1.807) is 0 Å². The van der Waals surface area contributed by atoms with E-state index in [4.69, 9.17) is 9.97 Å². The number of nitrogens with zero attached hydrogens (tertiary/aromatic N) is 5. The molecule has 7 aromatic carbocycles. The van der Waals surface area contributed by atoms with Crippen molar-refractivity contribution in [3.8, 4) is 17.2 Å². The predicted molar refractivity (Wildman–Crippen MR) is 235 cm³/mol. The second-order valence-corrected chi connectivity index (χ2v) is 15.7. The van der Waals surface area contributed by atoms with E-state index in [0.717, 1.165) is 57.0 Å². The molecule has 4 aromatic heterocycles. The molecule has 0 amide bonds. The van der Waals surface area contributed by atoms with Gasteiger partial charge in [0.2, 0.25) is 5.95 Å². The number of hydrogen-bond acceptors (Lipinski definition) is 3. The molecule has 1 unspecified atom stereocenters. The van der Waals surface area contributed by atoms with Crippen molar-refractivity contribution in [1.29, 1.82) is 0 Å². The van der Waals surface area contributed by atoms with Crippen LogP contribution in [0.3, 0.4) is 0 Å². The summed E-state index contributed by atoms with van der Waals surface area (Å²) in [7, 11) is 0. The van der Waals surface area contributed by atoms with Crippen molar-refractivity contribution >= 4 is 89.0 Å². The van der Waals surface area contributed by atoms with Crippen molar-refractivity contribution in [3.05, 3.63) is 186 Å². The molecule has 11 aromatic rings. The number of allylic oxidation sites excluding steroid dienone is 2. The molecule has 14 rings (SSSR count). The zero-order chi connectivity index (χ0) is 37.0. The summed E-state index contributed by atoms with van der Waals surface area (Å²) in [6, 6.07) is 54.8. The maximum Gasteiger partial charge on any atom is 0.235 e. The zero-order valence-corrected chi connectivity index (χ0v) is 30.7. The van der Waals surface area contributed by atoms with Crippen molar-refractivity contribution in [2.24, 2.45) is 0 Å². The van der Waals surface area contributed by atoms with E-state index >= 15 is 0 Å². The second kappa shape index (κ2) is 10.4. The molecule has 264 valence electrons. The highest BCUT2D eigenvalue weighted by Gasteiger charge is 2.46. The Hall–Kier alpha value is -7.50. The van der Waals surface area contributed by atoms with E-state index in [1.807, 2.05) is 0 Å². The molecule has 57 heavy (non-hydrogen) atoms. The fourth-order valence-electron chi connectivity index (χ4n) is 10.8. The first kappa shape index (κ1) is 29.8. The van der Waals surface area contributed by atoms with Gasteiger partial charge in [0.25, 0.3) is 0 Å². The van der Waals surface area contributed by atoms with Gasteiger partial charge in [0.1, 0.15) is 0 Å². The van der Waals surface area contributed by atoms with Crippen LogP contribution < -0.4 is 4.90 Å². The number of benzene rings is 7. The minimum absolute atomic E-state index is 0.459. The SMILES string of the molecule is C1=Cc2c(-c3ccc(N(c4ccccc4)c4ccccc4)cc3)nc3nc2C2(C=Cc4c2n2c5c4cccc5c4c5ccccc5c5c6ccccc6n-3c5c42)C1. The van der Waals surface area contributed by atoms with Crippen LogP contribution >= 0.6 is 0 Å². The third kappa shape index (κ3) is 3.57. The standard InChI is InChI=1S/C52H31N5/c1-3-13-32(14-4-1)55(33-15-5-2-6-16-33)34-26-24-31(25-27-34)45-41-22-12-29-52-30-28-38-37-20-11-21-40-44-36-18-8-7-17-35(36)43-39-19-9-10-23-42(39)56(51(53-45)54-49(41)52)47(43)48(44)57(46(37)40)50(38)52/h1-28,30H,29H2. The molecule has 1 atom stereocenters. The summed E-state index contributed by atoms with van der Waals surface area (Å²) in [5.74, 6) is 0.709. The third-order valence-electron chi connectivity index (χ3n) is 13.0. The van der Waals surface area contributed by atoms with Crippen LogP contribution in [-0.4, -0.2) is 18.9 Å². The topological polar surface area (TPSA) is 38.4 Å². The summed E-state index contributed by atoms with van der Waals surface area (Å²) in [6.07, 6.45) is 10.3. The smallest absolute Gasteiger partial charge is 0.235 e. The lowest BCUT2D eigenvalue weighted by molar-refractivity contribution is 0.608. The molecule has 5 nitrogen and oxygen atoms in total. The number of fused-ring (bicyclic) bond motifs is 10. The molecular formula is C52H31N5. The molecular weight excluding hydrogens is 695 g/mol. The number of para-hydroxylation sites is 4. The van der Waals surface area contributed by atoms with Crippen molar-refractivity contribution in [1.82, 2.24) is 18.9 Å². The molecule has 0 radical (unpaired) electrons. The number of aromatic nitrogens is 4. The van der Waals surface area contributed by atoms with Gasteiger partial charge in [-0.25, -0.2) is 9.97 Å². The lowest BCUT2D eigenvalue weighted by atomic mass is 9.74. The minimum atomic E-state index is -0.459. The molecule has 2 aliphatic carbocycles. The van der Waals surface area contributed by atoms with E-state index in [1.165, 1.54) is 60.0 Å². The van der Waals surface area contributed by atoms with Gasteiger partial charge in [-0.05, 0) is 59.7 Å². The molecule has 5 heterocycles. The zero-order valence-electron chi connectivity index (χ0n) is 30.7. The highest BCUT2D eigenvalue weighted by atomic mass is 15.2. The van der Waals surface area contributed by atoms with Crippen molar-refractivity contribution in [3.63, 3.8) is 0 Å². The summed E-state index contributed by atoms with van der Waals surface area (Å²) in [5.41, 5.74) is 14.4. The first-order chi connectivity index (χ1) is 28.3. The Kier molecular flexibility index (Phi) is 5.45. The predicted octanol–water partition coefficient (Wildman–Crippen LogP) is 12.9. The lowest BCUT2D eigenvalue weighted by Gasteiger charge is -2.32. The van der Waals surface area contributed by atoms with E-state index < -0.39 is 5.41 Å². The van der Waals surface area contributed by atoms with Gasteiger partial charge in [0, 0.05) is 66.4 Å². The van der Waals surface area contributed by atoms with E-state index in [-0.39, 0.29) is 0 Å². The Morgan fingerprint density at radius 3 is 1.89 bits per heavy atom. The Bertz CT molecular complexity index is 3550. The van der Waals surface area contributed by atoms with Crippen molar-refractivity contribution < 1.29 is 0 Å². The van der Waals surface area contributed by atoms with Crippen LogP contribution in [0.2, 0.25) is 0 Å². The molecule has 1 aliphatic heterocycles. The minimum Gasteiger partial charge on any atom is -0.311 e.